The summed E-state index contributed by atoms with van der Waals surface area (Å²) in [6, 6.07) is 0. The summed E-state index contributed by atoms with van der Waals surface area (Å²) in [6.45, 7) is 9.71. The molecule has 3 atom stereocenters. The molecule has 0 spiro atoms. The molecule has 1 saturated carbocycles. The fourth-order valence-electron chi connectivity index (χ4n) is 3.59. The second-order valence-electron chi connectivity index (χ2n) is 6.27. The zero-order chi connectivity index (χ0) is 11.3. The van der Waals surface area contributed by atoms with E-state index in [1.807, 2.05) is 0 Å². The Morgan fingerprint density at radius 2 is 2.00 bits per heavy atom. The van der Waals surface area contributed by atoms with E-state index in [-0.39, 0.29) is 0 Å². The van der Waals surface area contributed by atoms with Gasteiger partial charge < -0.3 is 0 Å². The maximum absolute atomic E-state index is 2.54. The van der Waals surface area contributed by atoms with E-state index in [1.165, 1.54) is 51.4 Å². The van der Waals surface area contributed by atoms with E-state index in [2.05, 4.69) is 27.7 Å². The van der Waals surface area contributed by atoms with Crippen molar-refractivity contribution in [1.29, 1.82) is 0 Å². The first kappa shape index (κ1) is 13.1. The average molecular weight is 210 g/mol. The van der Waals surface area contributed by atoms with Gasteiger partial charge >= 0.3 is 0 Å². The zero-order valence-corrected chi connectivity index (χ0v) is 11.3. The summed E-state index contributed by atoms with van der Waals surface area (Å²) < 4.78 is 0. The summed E-state index contributed by atoms with van der Waals surface area (Å²) in [6.07, 6.45) is 11.6. The van der Waals surface area contributed by atoms with Gasteiger partial charge in [-0.1, -0.05) is 53.4 Å². The van der Waals surface area contributed by atoms with Crippen LogP contribution in [0.15, 0.2) is 0 Å². The van der Waals surface area contributed by atoms with E-state index in [1.54, 1.807) is 0 Å². The van der Waals surface area contributed by atoms with Crippen LogP contribution in [0, 0.1) is 17.3 Å². The molecule has 0 amide bonds. The van der Waals surface area contributed by atoms with Crippen LogP contribution in [-0.4, -0.2) is 0 Å². The van der Waals surface area contributed by atoms with Crippen molar-refractivity contribution in [2.75, 3.05) is 0 Å². The van der Waals surface area contributed by atoms with E-state index in [0.717, 1.165) is 11.8 Å². The van der Waals surface area contributed by atoms with Crippen molar-refractivity contribution in [2.45, 2.75) is 79.1 Å². The highest BCUT2D eigenvalue weighted by Crippen LogP contribution is 2.42. The second-order valence-corrected chi connectivity index (χ2v) is 6.27. The lowest BCUT2D eigenvalue weighted by Gasteiger charge is -2.37. The van der Waals surface area contributed by atoms with Crippen LogP contribution in [0.2, 0.25) is 0 Å². The summed E-state index contributed by atoms with van der Waals surface area (Å²) in [7, 11) is 0. The monoisotopic (exact) mass is 210 g/mol. The highest BCUT2D eigenvalue weighted by Gasteiger charge is 2.29. The van der Waals surface area contributed by atoms with Crippen LogP contribution in [0.1, 0.15) is 79.1 Å². The molecular formula is C15H30. The quantitative estimate of drug-likeness (QED) is 0.583. The Kier molecular flexibility index (Phi) is 5.15. The van der Waals surface area contributed by atoms with Gasteiger partial charge in [0.2, 0.25) is 0 Å². The fourth-order valence-corrected chi connectivity index (χ4v) is 3.59. The van der Waals surface area contributed by atoms with Crippen LogP contribution in [0.25, 0.3) is 0 Å². The number of rotatable bonds is 3. The molecule has 1 rings (SSSR count). The Morgan fingerprint density at radius 3 is 2.60 bits per heavy atom. The Balaban J connectivity index is 2.59. The molecule has 1 fully saturated rings. The van der Waals surface area contributed by atoms with Crippen molar-refractivity contribution < 1.29 is 0 Å². The third-order valence-corrected chi connectivity index (χ3v) is 4.43. The molecule has 3 unspecified atom stereocenters. The molecule has 0 saturated heterocycles. The summed E-state index contributed by atoms with van der Waals surface area (Å²) >= 11 is 0. The van der Waals surface area contributed by atoms with E-state index in [4.69, 9.17) is 0 Å². The van der Waals surface area contributed by atoms with Crippen molar-refractivity contribution in [2.24, 2.45) is 17.3 Å². The minimum Gasteiger partial charge on any atom is -0.0654 e. The van der Waals surface area contributed by atoms with Crippen molar-refractivity contribution in [3.63, 3.8) is 0 Å². The summed E-state index contributed by atoms with van der Waals surface area (Å²) in [4.78, 5) is 0. The summed E-state index contributed by atoms with van der Waals surface area (Å²) in [5.41, 5.74) is 0.662. The van der Waals surface area contributed by atoms with Gasteiger partial charge in [0.15, 0.2) is 0 Å². The molecule has 1 aliphatic carbocycles. The van der Waals surface area contributed by atoms with Gasteiger partial charge in [-0.15, -0.1) is 0 Å². The van der Waals surface area contributed by atoms with E-state index < -0.39 is 0 Å². The predicted molar refractivity (Wildman–Crippen MR) is 69.0 cm³/mol. The second kappa shape index (κ2) is 5.92. The highest BCUT2D eigenvalue weighted by atomic mass is 14.3. The fraction of sp³-hybridized carbons (Fsp3) is 1.00. The van der Waals surface area contributed by atoms with Crippen LogP contribution in [0.3, 0.4) is 0 Å². The number of hydrogen-bond acceptors (Lipinski definition) is 0. The largest absolute Gasteiger partial charge is 0.0654 e. The van der Waals surface area contributed by atoms with Crippen molar-refractivity contribution in [3.05, 3.63) is 0 Å². The molecular weight excluding hydrogens is 180 g/mol. The van der Waals surface area contributed by atoms with E-state index in [9.17, 15) is 0 Å². The molecule has 1 aliphatic rings. The topological polar surface area (TPSA) is 0 Å². The SMILES string of the molecule is CCCC1(C)CCCC(C)CC(CC)C1. The molecule has 0 heterocycles. The molecule has 0 nitrogen and oxygen atoms in total. The lowest BCUT2D eigenvalue weighted by molar-refractivity contribution is 0.151. The molecule has 0 aromatic heterocycles. The molecule has 0 aromatic rings. The Morgan fingerprint density at radius 1 is 1.27 bits per heavy atom. The van der Waals surface area contributed by atoms with Crippen molar-refractivity contribution in [1.82, 2.24) is 0 Å². The minimum atomic E-state index is 0.662. The smallest absolute Gasteiger partial charge is 0.0323 e. The van der Waals surface area contributed by atoms with Crippen LogP contribution < -0.4 is 0 Å². The Hall–Kier alpha value is 0. The normalized spacial score (nSPS) is 38.4. The molecule has 0 N–H and O–H groups in total. The zero-order valence-electron chi connectivity index (χ0n) is 11.3. The summed E-state index contributed by atoms with van der Waals surface area (Å²) in [5, 5.41) is 0. The van der Waals surface area contributed by atoms with Gasteiger partial charge in [-0.05, 0) is 42.9 Å². The van der Waals surface area contributed by atoms with Gasteiger partial charge in [-0.3, -0.25) is 0 Å². The first-order valence-electron chi connectivity index (χ1n) is 7.09. The first-order valence-corrected chi connectivity index (χ1v) is 7.09. The third kappa shape index (κ3) is 4.17. The number of hydrogen-bond donors (Lipinski definition) is 0. The molecule has 0 aliphatic heterocycles. The third-order valence-electron chi connectivity index (χ3n) is 4.43. The lowest BCUT2D eigenvalue weighted by atomic mass is 9.69. The maximum atomic E-state index is 2.54. The Labute approximate surface area is 96.8 Å². The van der Waals surface area contributed by atoms with Crippen LogP contribution >= 0.6 is 0 Å². The molecule has 0 radical (unpaired) electrons. The van der Waals surface area contributed by atoms with Gasteiger partial charge in [0, 0.05) is 0 Å². The minimum absolute atomic E-state index is 0.662. The van der Waals surface area contributed by atoms with Crippen molar-refractivity contribution in [3.8, 4) is 0 Å². The Bertz CT molecular complexity index is 173. The molecule has 0 bridgehead atoms. The molecule has 0 heteroatoms. The molecule has 90 valence electrons. The van der Waals surface area contributed by atoms with Gasteiger partial charge in [0.1, 0.15) is 0 Å². The average Bonchev–Trinajstić information content (AvgIpc) is 2.14. The van der Waals surface area contributed by atoms with Gasteiger partial charge in [0.05, 0.1) is 0 Å². The maximum Gasteiger partial charge on any atom is -0.0323 e. The van der Waals surface area contributed by atoms with E-state index in [0.29, 0.717) is 5.41 Å². The van der Waals surface area contributed by atoms with Gasteiger partial charge in [-0.2, -0.15) is 0 Å². The van der Waals surface area contributed by atoms with Crippen LogP contribution in [0.5, 0.6) is 0 Å². The highest BCUT2D eigenvalue weighted by molar-refractivity contribution is 4.81. The predicted octanol–water partition coefficient (Wildman–Crippen LogP) is 5.42. The summed E-state index contributed by atoms with van der Waals surface area (Å²) in [5.74, 6) is 1.97. The van der Waals surface area contributed by atoms with Crippen molar-refractivity contribution >= 4 is 0 Å². The standard InChI is InChI=1S/C15H30/c1-5-9-15(4)10-7-8-13(3)11-14(6-2)12-15/h13-14H,5-12H2,1-4H3. The van der Waals surface area contributed by atoms with Crippen LogP contribution in [-0.2, 0) is 0 Å². The van der Waals surface area contributed by atoms with Gasteiger partial charge in [-0.25, -0.2) is 0 Å². The first-order chi connectivity index (χ1) is 7.09. The lowest BCUT2D eigenvalue weighted by Crippen LogP contribution is -2.24. The molecule has 0 aromatic carbocycles. The van der Waals surface area contributed by atoms with E-state index >= 15 is 0 Å². The van der Waals surface area contributed by atoms with Gasteiger partial charge in [0.25, 0.3) is 0 Å². The van der Waals surface area contributed by atoms with Crippen LogP contribution in [0.4, 0.5) is 0 Å². The molecule has 15 heavy (non-hydrogen) atoms.